The molecule has 9 aromatic carbocycles. The van der Waals surface area contributed by atoms with Gasteiger partial charge in [0, 0.05) is 49.2 Å². The molecular weight excluding hydrogens is 703 g/mol. The largest absolute Gasteiger partial charge is 0.435 e. The van der Waals surface area contributed by atoms with Crippen LogP contribution in [-0.2, 0) is 0 Å². The fourth-order valence-corrected chi connectivity index (χ4v) is 9.22. The number of thiophene rings is 1. The van der Waals surface area contributed by atoms with Gasteiger partial charge in [-0.05, 0) is 101 Å². The normalized spacial score (nSPS) is 11.6. The van der Waals surface area contributed by atoms with Crippen LogP contribution < -0.4 is 9.80 Å². The van der Waals surface area contributed by atoms with Crippen molar-refractivity contribution in [3.8, 4) is 11.5 Å². The van der Waals surface area contributed by atoms with Gasteiger partial charge in [0.15, 0.2) is 5.58 Å². The SMILES string of the molecule is c1ccc(-c2nc3c(N(c4ccccc4)c4ccc5ccccc5c4)cc4cc(N(c5ccccc5)c5cccc6c5sc5ccccc56)ccc4c3o2)cc1. The zero-order valence-corrected chi connectivity index (χ0v) is 31.0. The first-order valence-corrected chi connectivity index (χ1v) is 19.6. The third-order valence-corrected chi connectivity index (χ3v) is 11.8. The third kappa shape index (κ3) is 5.40. The lowest BCUT2D eigenvalue weighted by atomic mass is 10.0. The fraction of sp³-hybridized carbons (Fsp3) is 0. The maximum absolute atomic E-state index is 6.81. The van der Waals surface area contributed by atoms with Crippen molar-refractivity contribution in [2.45, 2.75) is 0 Å². The second-order valence-corrected chi connectivity index (χ2v) is 15.0. The summed E-state index contributed by atoms with van der Waals surface area (Å²) in [5.74, 6) is 0.590. The van der Waals surface area contributed by atoms with Gasteiger partial charge in [0.1, 0.15) is 5.52 Å². The zero-order valence-electron chi connectivity index (χ0n) is 30.2. The molecule has 11 rings (SSSR count). The van der Waals surface area contributed by atoms with Gasteiger partial charge in [-0.15, -0.1) is 11.3 Å². The lowest BCUT2D eigenvalue weighted by Gasteiger charge is -2.28. The van der Waals surface area contributed by atoms with E-state index in [-0.39, 0.29) is 0 Å². The first-order chi connectivity index (χ1) is 27.8. The summed E-state index contributed by atoms with van der Waals surface area (Å²) in [6.07, 6.45) is 0. The van der Waals surface area contributed by atoms with E-state index in [1.165, 1.54) is 30.9 Å². The summed E-state index contributed by atoms with van der Waals surface area (Å²) in [6.45, 7) is 0. The Morgan fingerprint density at radius 2 is 1.02 bits per heavy atom. The summed E-state index contributed by atoms with van der Waals surface area (Å²) >= 11 is 1.84. The molecule has 0 N–H and O–H groups in total. The third-order valence-electron chi connectivity index (χ3n) is 10.6. The summed E-state index contributed by atoms with van der Waals surface area (Å²) < 4.78 is 9.34. The molecule has 0 aliphatic carbocycles. The number of fused-ring (bicyclic) bond motifs is 7. The molecule has 0 bridgehead atoms. The van der Waals surface area contributed by atoms with Crippen LogP contribution in [0.15, 0.2) is 205 Å². The first-order valence-electron chi connectivity index (χ1n) is 18.8. The molecule has 0 radical (unpaired) electrons. The molecule has 0 saturated heterocycles. The minimum atomic E-state index is 0.590. The number of benzene rings is 9. The van der Waals surface area contributed by atoms with E-state index < -0.39 is 0 Å². The highest BCUT2D eigenvalue weighted by Crippen LogP contribution is 2.47. The molecule has 4 nitrogen and oxygen atoms in total. The van der Waals surface area contributed by atoms with Gasteiger partial charge in [0.05, 0.1) is 16.1 Å². The molecule has 0 unspecified atom stereocenters. The maximum Gasteiger partial charge on any atom is 0.227 e. The van der Waals surface area contributed by atoms with E-state index in [2.05, 4.69) is 192 Å². The standard InChI is InChI=1S/C51H33N3OS/c1-4-16-35(17-5-1)51-52-48-46(54(39-21-8-3-9-22-39)40-28-27-34-15-10-11-18-36(34)31-40)33-37-32-41(29-30-42(37)49(48)55-51)53(38-19-6-2-7-20-38)45-25-14-24-44-43-23-12-13-26-47(43)56-50(44)45/h1-33H. The highest BCUT2D eigenvalue weighted by Gasteiger charge is 2.24. The Kier molecular flexibility index (Phi) is 7.64. The van der Waals surface area contributed by atoms with Gasteiger partial charge in [-0.3, -0.25) is 0 Å². The zero-order chi connectivity index (χ0) is 37.0. The van der Waals surface area contributed by atoms with Gasteiger partial charge in [-0.2, -0.15) is 0 Å². The van der Waals surface area contributed by atoms with Crippen LogP contribution in [0.5, 0.6) is 0 Å². The van der Waals surface area contributed by atoms with E-state index in [0.717, 1.165) is 61.6 Å². The number of anilines is 6. The Bertz CT molecular complexity index is 3210. The van der Waals surface area contributed by atoms with E-state index in [0.29, 0.717) is 5.89 Å². The molecule has 56 heavy (non-hydrogen) atoms. The summed E-state index contributed by atoms with van der Waals surface area (Å²) in [6, 6.07) is 70.9. The van der Waals surface area contributed by atoms with Crippen LogP contribution in [0.2, 0.25) is 0 Å². The number of oxazole rings is 1. The number of hydrogen-bond acceptors (Lipinski definition) is 5. The highest BCUT2D eigenvalue weighted by atomic mass is 32.1. The summed E-state index contributed by atoms with van der Waals surface area (Å²) in [7, 11) is 0. The number of nitrogens with zero attached hydrogens (tertiary/aromatic N) is 3. The minimum absolute atomic E-state index is 0.590. The van der Waals surface area contributed by atoms with Gasteiger partial charge in [-0.1, -0.05) is 115 Å². The van der Waals surface area contributed by atoms with Crippen molar-refractivity contribution in [1.29, 1.82) is 0 Å². The van der Waals surface area contributed by atoms with Crippen molar-refractivity contribution < 1.29 is 4.42 Å². The van der Waals surface area contributed by atoms with Crippen molar-refractivity contribution in [2.24, 2.45) is 0 Å². The molecule has 11 aromatic rings. The molecule has 0 aliphatic heterocycles. The van der Waals surface area contributed by atoms with Crippen molar-refractivity contribution in [1.82, 2.24) is 4.98 Å². The molecular formula is C51H33N3OS. The Morgan fingerprint density at radius 3 is 1.79 bits per heavy atom. The number of rotatable bonds is 7. The predicted octanol–water partition coefficient (Wildman–Crippen LogP) is 15.1. The Morgan fingerprint density at radius 1 is 0.411 bits per heavy atom. The second kappa shape index (κ2) is 13.3. The van der Waals surface area contributed by atoms with Crippen LogP contribution >= 0.6 is 11.3 Å². The average Bonchev–Trinajstić information content (AvgIpc) is 3.89. The molecule has 0 spiro atoms. The van der Waals surface area contributed by atoms with E-state index in [4.69, 9.17) is 9.40 Å². The Balaban J connectivity index is 1.18. The van der Waals surface area contributed by atoms with Gasteiger partial charge in [-0.25, -0.2) is 4.98 Å². The second-order valence-electron chi connectivity index (χ2n) is 14.0. The number of aromatic nitrogens is 1. The van der Waals surface area contributed by atoms with Crippen LogP contribution in [0.4, 0.5) is 34.1 Å². The van der Waals surface area contributed by atoms with Crippen LogP contribution in [0.3, 0.4) is 0 Å². The first kappa shape index (κ1) is 32.2. The molecule has 5 heteroatoms. The smallest absolute Gasteiger partial charge is 0.227 e. The minimum Gasteiger partial charge on any atom is -0.435 e. The van der Waals surface area contributed by atoms with Gasteiger partial charge < -0.3 is 14.2 Å². The Hall–Kier alpha value is -7.21. The van der Waals surface area contributed by atoms with Crippen molar-refractivity contribution in [3.63, 3.8) is 0 Å². The summed E-state index contributed by atoms with van der Waals surface area (Å²) in [5.41, 5.74) is 8.79. The molecule has 0 atom stereocenters. The molecule has 0 aliphatic rings. The molecule has 2 aromatic heterocycles. The molecule has 264 valence electrons. The van der Waals surface area contributed by atoms with Crippen LogP contribution in [0, 0.1) is 0 Å². The number of para-hydroxylation sites is 2. The van der Waals surface area contributed by atoms with Crippen molar-refractivity contribution in [2.75, 3.05) is 9.80 Å². The molecule has 2 heterocycles. The van der Waals surface area contributed by atoms with E-state index in [9.17, 15) is 0 Å². The van der Waals surface area contributed by atoms with Gasteiger partial charge in [0.25, 0.3) is 0 Å². The number of hydrogen-bond donors (Lipinski definition) is 0. The van der Waals surface area contributed by atoms with Gasteiger partial charge in [0.2, 0.25) is 5.89 Å². The fourth-order valence-electron chi connectivity index (χ4n) is 8.01. The topological polar surface area (TPSA) is 32.5 Å². The van der Waals surface area contributed by atoms with Gasteiger partial charge >= 0.3 is 0 Å². The quantitative estimate of drug-likeness (QED) is 0.163. The lowest BCUT2D eigenvalue weighted by Crippen LogP contribution is -2.11. The van der Waals surface area contributed by atoms with Crippen LogP contribution in [-0.4, -0.2) is 4.98 Å². The maximum atomic E-state index is 6.81. The average molecular weight is 736 g/mol. The molecule has 0 amide bonds. The molecule has 0 saturated carbocycles. The van der Waals surface area contributed by atoms with E-state index >= 15 is 0 Å². The molecule has 0 fully saturated rings. The Labute approximate surface area is 327 Å². The summed E-state index contributed by atoms with van der Waals surface area (Å²) in [4.78, 5) is 9.95. The predicted molar refractivity (Wildman–Crippen MR) is 237 cm³/mol. The van der Waals surface area contributed by atoms with Crippen molar-refractivity contribution in [3.05, 3.63) is 200 Å². The monoisotopic (exact) mass is 735 g/mol. The van der Waals surface area contributed by atoms with Crippen LogP contribution in [0.1, 0.15) is 0 Å². The van der Waals surface area contributed by atoms with Crippen LogP contribution in [0.25, 0.3) is 64.3 Å². The van der Waals surface area contributed by atoms with E-state index in [1.54, 1.807) is 0 Å². The van der Waals surface area contributed by atoms with E-state index in [1.807, 2.05) is 29.5 Å². The summed E-state index contributed by atoms with van der Waals surface area (Å²) in [5, 5.41) is 6.96. The lowest BCUT2D eigenvalue weighted by molar-refractivity contribution is 0.623. The van der Waals surface area contributed by atoms with Crippen molar-refractivity contribution >= 4 is 98.3 Å². The highest BCUT2D eigenvalue weighted by molar-refractivity contribution is 7.26.